The molecule has 0 heterocycles. The third-order valence-electron chi connectivity index (χ3n) is 1.72. The van der Waals surface area contributed by atoms with Gasteiger partial charge in [-0.3, -0.25) is 10.1 Å². The zero-order chi connectivity index (χ0) is 12.1. The maximum absolute atomic E-state index is 11.8. The molecule has 0 atom stereocenters. The molecular weight excluding hydrogens is 288 g/mol. The van der Waals surface area contributed by atoms with E-state index in [0.29, 0.717) is 10.0 Å². The summed E-state index contributed by atoms with van der Waals surface area (Å²) in [5.74, 6) is 0. The third kappa shape index (κ3) is 3.82. The Kier molecular flexibility index (Phi) is 4.75. The van der Waals surface area contributed by atoms with Gasteiger partial charge in [0.1, 0.15) is 6.61 Å². The van der Waals surface area contributed by atoms with E-state index >= 15 is 0 Å². The van der Waals surface area contributed by atoms with Crippen LogP contribution in [0, 0.1) is 10.1 Å². The van der Waals surface area contributed by atoms with Crippen LogP contribution in [-0.4, -0.2) is 18.0 Å². The zero-order valence-electron chi connectivity index (χ0n) is 8.03. The van der Waals surface area contributed by atoms with Crippen molar-refractivity contribution in [3.05, 3.63) is 38.3 Å². The molecule has 0 saturated carbocycles. The average molecular weight is 296 g/mol. The smallest absolute Gasteiger partial charge is 0.283 e. The van der Waals surface area contributed by atoms with Crippen molar-refractivity contribution in [3.63, 3.8) is 0 Å². The van der Waals surface area contributed by atoms with E-state index in [4.69, 9.17) is 0 Å². The molecule has 88 valence electrons. The van der Waals surface area contributed by atoms with Gasteiger partial charge in [-0.2, -0.15) is 0 Å². The van der Waals surface area contributed by atoms with Crippen molar-refractivity contribution in [2.24, 2.45) is 0 Å². The number of nitrogens with zero attached hydrogens (tertiary/aromatic N) is 1. The fraction of sp³-hybridized carbons (Fsp3) is 0.333. The van der Waals surface area contributed by atoms with Crippen molar-refractivity contribution in [3.8, 4) is 0 Å². The summed E-state index contributed by atoms with van der Waals surface area (Å²) in [7, 11) is 0. The lowest BCUT2D eigenvalue weighted by molar-refractivity contribution is -0.385. The van der Waals surface area contributed by atoms with Crippen LogP contribution in [0.5, 0.6) is 0 Å². The summed E-state index contributed by atoms with van der Waals surface area (Å²) in [6.45, 7) is -0.748. The zero-order valence-corrected chi connectivity index (χ0v) is 9.62. The van der Waals surface area contributed by atoms with Crippen LogP contribution in [0.3, 0.4) is 0 Å². The topological polar surface area (TPSA) is 52.4 Å². The Labute approximate surface area is 98.5 Å². The molecule has 0 aliphatic rings. The first-order valence-corrected chi connectivity index (χ1v) is 5.08. The van der Waals surface area contributed by atoms with Gasteiger partial charge in [-0.25, -0.2) is 8.78 Å². The minimum atomic E-state index is -2.54. The van der Waals surface area contributed by atoms with E-state index in [0.717, 1.165) is 0 Å². The molecule has 1 aromatic rings. The molecule has 0 radical (unpaired) electrons. The number of benzene rings is 1. The van der Waals surface area contributed by atoms with Crippen LogP contribution in [0.1, 0.15) is 5.56 Å². The molecule has 0 amide bonds. The van der Waals surface area contributed by atoms with Crippen molar-refractivity contribution in [1.82, 2.24) is 0 Å². The van der Waals surface area contributed by atoms with E-state index in [1.165, 1.54) is 12.1 Å². The van der Waals surface area contributed by atoms with Gasteiger partial charge in [0.2, 0.25) is 0 Å². The van der Waals surface area contributed by atoms with Crippen LogP contribution < -0.4 is 0 Å². The Morgan fingerprint density at radius 1 is 1.50 bits per heavy atom. The predicted molar refractivity (Wildman–Crippen MR) is 56.5 cm³/mol. The van der Waals surface area contributed by atoms with Crippen molar-refractivity contribution < 1.29 is 18.4 Å². The second kappa shape index (κ2) is 5.86. The lowest BCUT2D eigenvalue weighted by Gasteiger charge is -2.04. The quantitative estimate of drug-likeness (QED) is 0.619. The van der Waals surface area contributed by atoms with Crippen LogP contribution in [0.4, 0.5) is 14.5 Å². The van der Waals surface area contributed by atoms with Gasteiger partial charge in [0, 0.05) is 6.07 Å². The lowest BCUT2D eigenvalue weighted by atomic mass is 10.2. The molecular formula is C9H8BrF2NO3. The molecule has 0 aliphatic heterocycles. The highest BCUT2D eigenvalue weighted by molar-refractivity contribution is 9.10. The molecule has 7 heteroatoms. The summed E-state index contributed by atoms with van der Waals surface area (Å²) >= 11 is 3.02. The molecule has 16 heavy (non-hydrogen) atoms. The summed E-state index contributed by atoms with van der Waals surface area (Å²) in [5.41, 5.74) is 0.369. The average Bonchev–Trinajstić information content (AvgIpc) is 2.19. The lowest BCUT2D eigenvalue weighted by Crippen LogP contribution is -2.04. The number of hydrogen-bond acceptors (Lipinski definition) is 3. The molecule has 1 aromatic carbocycles. The molecule has 0 N–H and O–H groups in total. The van der Waals surface area contributed by atoms with E-state index < -0.39 is 18.0 Å². The maximum Gasteiger partial charge on any atom is 0.283 e. The van der Waals surface area contributed by atoms with Gasteiger partial charge in [-0.15, -0.1) is 0 Å². The Morgan fingerprint density at radius 3 is 2.75 bits per heavy atom. The van der Waals surface area contributed by atoms with Gasteiger partial charge in [-0.1, -0.05) is 6.07 Å². The molecule has 1 rings (SSSR count). The summed E-state index contributed by atoms with van der Waals surface area (Å²) < 4.78 is 28.5. The number of nitro benzene ring substituents is 1. The first kappa shape index (κ1) is 13.0. The molecule has 0 saturated heterocycles. The molecule has 0 unspecified atom stereocenters. The Bertz CT molecular complexity index is 387. The number of alkyl halides is 2. The largest absolute Gasteiger partial charge is 0.371 e. The van der Waals surface area contributed by atoms with Crippen LogP contribution >= 0.6 is 15.9 Å². The second-order valence-electron chi connectivity index (χ2n) is 2.95. The van der Waals surface area contributed by atoms with Crippen molar-refractivity contribution in [2.75, 3.05) is 6.61 Å². The second-order valence-corrected chi connectivity index (χ2v) is 3.80. The molecule has 0 fully saturated rings. The number of rotatable bonds is 5. The van der Waals surface area contributed by atoms with E-state index in [-0.39, 0.29) is 12.3 Å². The van der Waals surface area contributed by atoms with Crippen LogP contribution in [-0.2, 0) is 11.3 Å². The highest BCUT2D eigenvalue weighted by Gasteiger charge is 2.12. The van der Waals surface area contributed by atoms with E-state index in [9.17, 15) is 18.9 Å². The molecule has 0 spiro atoms. The molecule has 0 bridgehead atoms. The minimum absolute atomic E-state index is 0.0710. The van der Waals surface area contributed by atoms with Crippen LogP contribution in [0.25, 0.3) is 0 Å². The normalized spacial score (nSPS) is 10.8. The van der Waals surface area contributed by atoms with E-state index in [2.05, 4.69) is 20.7 Å². The minimum Gasteiger partial charge on any atom is -0.371 e. The third-order valence-corrected chi connectivity index (χ3v) is 2.39. The fourth-order valence-electron chi connectivity index (χ4n) is 1.05. The van der Waals surface area contributed by atoms with Gasteiger partial charge in [0.05, 0.1) is 16.0 Å². The first-order chi connectivity index (χ1) is 7.50. The van der Waals surface area contributed by atoms with Gasteiger partial charge in [0.25, 0.3) is 12.1 Å². The number of ether oxygens (including phenoxy) is 1. The van der Waals surface area contributed by atoms with Crippen LogP contribution in [0.15, 0.2) is 22.7 Å². The highest BCUT2D eigenvalue weighted by Crippen LogP contribution is 2.25. The van der Waals surface area contributed by atoms with Gasteiger partial charge < -0.3 is 4.74 Å². The fourth-order valence-corrected chi connectivity index (χ4v) is 1.45. The SMILES string of the molecule is O=[N+]([O-])c1cc(COCC(F)F)ccc1Br. The highest BCUT2D eigenvalue weighted by atomic mass is 79.9. The molecule has 0 aliphatic carbocycles. The summed E-state index contributed by atoms with van der Waals surface area (Å²) in [6.07, 6.45) is -2.54. The van der Waals surface area contributed by atoms with Gasteiger partial charge >= 0.3 is 0 Å². The Morgan fingerprint density at radius 2 is 2.19 bits per heavy atom. The summed E-state index contributed by atoms with van der Waals surface area (Å²) in [6, 6.07) is 4.34. The van der Waals surface area contributed by atoms with Crippen LogP contribution in [0.2, 0.25) is 0 Å². The van der Waals surface area contributed by atoms with Crippen molar-refractivity contribution >= 4 is 21.6 Å². The van der Waals surface area contributed by atoms with Gasteiger partial charge in [-0.05, 0) is 27.6 Å². The summed E-state index contributed by atoms with van der Waals surface area (Å²) in [4.78, 5) is 10.0. The number of hydrogen-bond donors (Lipinski definition) is 0. The number of halogens is 3. The van der Waals surface area contributed by atoms with E-state index in [1.807, 2.05) is 0 Å². The predicted octanol–water partition coefficient (Wildman–Crippen LogP) is 3.14. The monoisotopic (exact) mass is 295 g/mol. The Balaban J connectivity index is 2.68. The number of nitro groups is 1. The van der Waals surface area contributed by atoms with Crippen molar-refractivity contribution in [2.45, 2.75) is 13.0 Å². The van der Waals surface area contributed by atoms with Crippen molar-refractivity contribution in [1.29, 1.82) is 0 Å². The Hall–Kier alpha value is -1.08. The summed E-state index contributed by atoms with van der Waals surface area (Å²) in [5, 5.41) is 10.6. The standard InChI is InChI=1S/C9H8BrF2NO3/c10-7-2-1-6(3-8(7)13(14)15)4-16-5-9(11)12/h1-3,9H,4-5H2. The molecule has 4 nitrogen and oxygen atoms in total. The first-order valence-electron chi connectivity index (χ1n) is 4.29. The maximum atomic E-state index is 11.8. The van der Waals surface area contributed by atoms with Gasteiger partial charge in [0.15, 0.2) is 0 Å². The van der Waals surface area contributed by atoms with E-state index in [1.54, 1.807) is 6.07 Å². The molecule has 0 aromatic heterocycles.